The van der Waals surface area contributed by atoms with Crippen molar-refractivity contribution in [2.75, 3.05) is 20.2 Å². The van der Waals surface area contributed by atoms with Gasteiger partial charge in [0.15, 0.2) is 0 Å². The van der Waals surface area contributed by atoms with Gasteiger partial charge in [0.1, 0.15) is 5.60 Å². The van der Waals surface area contributed by atoms with Crippen molar-refractivity contribution in [2.24, 2.45) is 0 Å². The van der Waals surface area contributed by atoms with E-state index >= 15 is 0 Å². The maximum atomic E-state index is 6.12. The average Bonchev–Trinajstić information content (AvgIpc) is 3.24. The average molecular weight is 350 g/mol. The van der Waals surface area contributed by atoms with E-state index in [-0.39, 0.29) is 5.60 Å². The second-order valence-electron chi connectivity index (χ2n) is 5.28. The summed E-state index contributed by atoms with van der Waals surface area (Å²) in [6.07, 6.45) is 3.44. The summed E-state index contributed by atoms with van der Waals surface area (Å²) >= 11 is 0. The molecule has 0 unspecified atom stereocenters. The molecule has 0 amide bonds. The monoisotopic (exact) mass is 349 g/mol. The van der Waals surface area contributed by atoms with Gasteiger partial charge in [0.05, 0.1) is 12.6 Å². The SMILES string of the molecule is CC.CC.CC.CC.CC1=C[C@@]2(CCN(C)[C@H]2c2ccccc2)OC1. The van der Waals surface area contributed by atoms with Gasteiger partial charge in [0.2, 0.25) is 0 Å². The predicted molar refractivity (Wildman–Crippen MR) is 114 cm³/mol. The molecule has 0 radical (unpaired) electrons. The standard InChI is InChI=1S/C15H19NO.4C2H6/c1-12-10-15(17-11-12)8-9-16(2)14(15)13-6-4-3-5-7-13;4*1-2/h3-7,10,14H,8-9,11H2,1-2H3;4*1-2H3/t14-,15+;;;;/m0..../s1. The molecule has 3 rings (SSSR count). The van der Waals surface area contributed by atoms with Crippen molar-refractivity contribution in [3.63, 3.8) is 0 Å². The van der Waals surface area contributed by atoms with E-state index in [1.165, 1.54) is 11.1 Å². The highest BCUT2D eigenvalue weighted by atomic mass is 16.5. The van der Waals surface area contributed by atoms with Gasteiger partial charge in [-0.3, -0.25) is 4.90 Å². The Bertz CT molecular complexity index is 441. The number of likely N-dealkylation sites (tertiary alicyclic amines) is 1. The fraction of sp³-hybridized carbons (Fsp3) is 0.652. The van der Waals surface area contributed by atoms with Crippen LogP contribution < -0.4 is 0 Å². The lowest BCUT2D eigenvalue weighted by Crippen LogP contribution is -2.34. The third-order valence-electron chi connectivity index (χ3n) is 3.93. The molecule has 0 aromatic heterocycles. The van der Waals surface area contributed by atoms with Crippen LogP contribution in [0.15, 0.2) is 42.0 Å². The van der Waals surface area contributed by atoms with Gasteiger partial charge < -0.3 is 4.74 Å². The molecule has 1 fully saturated rings. The third kappa shape index (κ3) is 6.95. The Balaban J connectivity index is 0. The van der Waals surface area contributed by atoms with Crippen LogP contribution >= 0.6 is 0 Å². The van der Waals surface area contributed by atoms with Crippen molar-refractivity contribution >= 4 is 0 Å². The fourth-order valence-corrected chi connectivity index (χ4v) is 3.21. The summed E-state index contributed by atoms with van der Waals surface area (Å²) in [5.41, 5.74) is 2.64. The Labute approximate surface area is 158 Å². The number of hydrogen-bond acceptors (Lipinski definition) is 2. The largest absolute Gasteiger partial charge is 0.365 e. The van der Waals surface area contributed by atoms with Crippen LogP contribution in [0.4, 0.5) is 0 Å². The first-order chi connectivity index (χ1) is 12.2. The second kappa shape index (κ2) is 15.2. The van der Waals surface area contributed by atoms with Crippen LogP contribution in [0, 0.1) is 0 Å². The molecular formula is C23H43NO. The Morgan fingerprint density at radius 3 is 1.88 bits per heavy atom. The summed E-state index contributed by atoms with van der Waals surface area (Å²) in [7, 11) is 2.19. The third-order valence-corrected chi connectivity index (χ3v) is 3.93. The van der Waals surface area contributed by atoms with Gasteiger partial charge in [-0.25, -0.2) is 0 Å². The molecule has 1 aromatic rings. The van der Waals surface area contributed by atoms with E-state index in [4.69, 9.17) is 4.74 Å². The first kappa shape index (κ1) is 26.1. The Morgan fingerprint density at radius 2 is 1.44 bits per heavy atom. The lowest BCUT2D eigenvalue weighted by atomic mass is 9.88. The minimum absolute atomic E-state index is 0.0831. The first-order valence-corrected chi connectivity index (χ1v) is 10.3. The molecule has 0 N–H and O–H groups in total. The molecule has 2 aliphatic heterocycles. The van der Waals surface area contributed by atoms with Gasteiger partial charge in [-0.1, -0.05) is 85.7 Å². The zero-order valence-corrected chi connectivity index (χ0v) is 18.5. The van der Waals surface area contributed by atoms with E-state index in [0.717, 1.165) is 19.6 Å². The molecule has 2 atom stereocenters. The molecule has 1 saturated heterocycles. The highest BCUT2D eigenvalue weighted by Gasteiger charge is 2.48. The molecule has 1 spiro atoms. The van der Waals surface area contributed by atoms with E-state index in [1.54, 1.807) is 0 Å². The van der Waals surface area contributed by atoms with Crippen molar-refractivity contribution in [3.8, 4) is 0 Å². The number of nitrogens with zero attached hydrogens (tertiary/aromatic N) is 1. The second-order valence-corrected chi connectivity index (χ2v) is 5.28. The fourth-order valence-electron chi connectivity index (χ4n) is 3.21. The van der Waals surface area contributed by atoms with Gasteiger partial charge in [0.25, 0.3) is 0 Å². The molecule has 2 aliphatic rings. The van der Waals surface area contributed by atoms with Gasteiger partial charge >= 0.3 is 0 Å². The Hall–Kier alpha value is -1.12. The molecule has 2 heteroatoms. The van der Waals surface area contributed by atoms with Crippen molar-refractivity contribution in [2.45, 2.75) is 80.4 Å². The van der Waals surface area contributed by atoms with Crippen molar-refractivity contribution < 1.29 is 4.74 Å². The van der Waals surface area contributed by atoms with Gasteiger partial charge in [-0.2, -0.15) is 0 Å². The highest BCUT2D eigenvalue weighted by Crippen LogP contribution is 2.46. The normalized spacial score (nSPS) is 23.6. The molecule has 1 aromatic carbocycles. The summed E-state index contributed by atoms with van der Waals surface area (Å²) in [4.78, 5) is 2.41. The molecule has 0 saturated carbocycles. The maximum absolute atomic E-state index is 6.12. The number of benzene rings is 1. The van der Waals surface area contributed by atoms with Crippen molar-refractivity contribution in [1.82, 2.24) is 4.90 Å². The molecule has 2 nitrogen and oxygen atoms in total. The molecule has 0 bridgehead atoms. The lowest BCUT2D eigenvalue weighted by molar-refractivity contribution is -0.00120. The maximum Gasteiger partial charge on any atom is 0.108 e. The van der Waals surface area contributed by atoms with Crippen LogP contribution in [0.5, 0.6) is 0 Å². The van der Waals surface area contributed by atoms with E-state index < -0.39 is 0 Å². The number of ether oxygens (including phenoxy) is 1. The summed E-state index contributed by atoms with van der Waals surface area (Å²) in [6, 6.07) is 11.1. The van der Waals surface area contributed by atoms with Gasteiger partial charge in [0, 0.05) is 6.54 Å². The Morgan fingerprint density at radius 1 is 0.920 bits per heavy atom. The van der Waals surface area contributed by atoms with Crippen LogP contribution in [-0.2, 0) is 4.74 Å². The first-order valence-electron chi connectivity index (χ1n) is 10.3. The summed E-state index contributed by atoms with van der Waals surface area (Å²) in [6.45, 7) is 20.1. The number of likely N-dealkylation sites (N-methyl/N-ethyl adjacent to an activating group) is 1. The molecule has 0 aliphatic carbocycles. The number of rotatable bonds is 1. The van der Waals surface area contributed by atoms with E-state index in [1.807, 2.05) is 55.4 Å². The van der Waals surface area contributed by atoms with Crippen LogP contribution in [0.1, 0.15) is 80.3 Å². The molecular weight excluding hydrogens is 306 g/mol. The van der Waals surface area contributed by atoms with Gasteiger partial charge in [-0.05, 0) is 37.6 Å². The zero-order valence-electron chi connectivity index (χ0n) is 18.5. The predicted octanol–water partition coefficient (Wildman–Crippen LogP) is 6.88. The smallest absolute Gasteiger partial charge is 0.108 e. The van der Waals surface area contributed by atoms with Crippen LogP contribution in [-0.4, -0.2) is 30.7 Å². The topological polar surface area (TPSA) is 12.5 Å². The molecule has 2 heterocycles. The molecule has 25 heavy (non-hydrogen) atoms. The van der Waals surface area contributed by atoms with E-state index in [2.05, 4.69) is 55.3 Å². The van der Waals surface area contributed by atoms with E-state index in [0.29, 0.717) is 6.04 Å². The van der Waals surface area contributed by atoms with Gasteiger partial charge in [-0.15, -0.1) is 0 Å². The Kier molecular flexibility index (Phi) is 15.8. The summed E-state index contributed by atoms with van der Waals surface area (Å²) in [5.74, 6) is 0. The van der Waals surface area contributed by atoms with E-state index in [9.17, 15) is 0 Å². The molecule has 146 valence electrons. The lowest BCUT2D eigenvalue weighted by Gasteiger charge is -2.32. The van der Waals surface area contributed by atoms with Crippen molar-refractivity contribution in [3.05, 3.63) is 47.5 Å². The quantitative estimate of drug-likeness (QED) is 0.512. The zero-order chi connectivity index (χ0) is 19.9. The number of hydrogen-bond donors (Lipinski definition) is 0. The van der Waals surface area contributed by atoms with Crippen LogP contribution in [0.2, 0.25) is 0 Å². The highest BCUT2D eigenvalue weighted by molar-refractivity contribution is 5.31. The van der Waals surface area contributed by atoms with Crippen LogP contribution in [0.3, 0.4) is 0 Å². The van der Waals surface area contributed by atoms with Crippen LogP contribution in [0.25, 0.3) is 0 Å². The minimum atomic E-state index is -0.0831. The summed E-state index contributed by atoms with van der Waals surface area (Å²) < 4.78 is 6.12. The van der Waals surface area contributed by atoms with Crippen molar-refractivity contribution in [1.29, 1.82) is 0 Å². The summed E-state index contributed by atoms with van der Waals surface area (Å²) in [5, 5.41) is 0. The minimum Gasteiger partial charge on any atom is -0.365 e.